The van der Waals surface area contributed by atoms with Crippen LogP contribution in [0.3, 0.4) is 0 Å². The number of allylic oxidation sites excluding steroid dienone is 2. The van der Waals surface area contributed by atoms with Crippen molar-refractivity contribution in [2.24, 2.45) is 0 Å². The van der Waals surface area contributed by atoms with Crippen molar-refractivity contribution in [1.82, 2.24) is 0 Å². The Labute approximate surface area is 180 Å². The molecule has 0 amide bonds. The lowest BCUT2D eigenvalue weighted by Gasteiger charge is -2.03. The monoisotopic (exact) mass is 390 g/mol. The maximum absolute atomic E-state index is 3.91. The average Bonchev–Trinajstić information content (AvgIpc) is 2.71. The van der Waals surface area contributed by atoms with Crippen molar-refractivity contribution >= 4 is 0 Å². The van der Waals surface area contributed by atoms with Gasteiger partial charge in [-0.2, -0.15) is 0 Å². The standard InChI is InChI=1S/C28H54/c1-3-5-7-9-11-13-15-17-19-21-23-25-27-28-26-24-22-20-18-16-14-12-10-8-6-4-2/h21,23H,1-20,22,24-28H2/b23-21+. The third kappa shape index (κ3) is 25.7. The Morgan fingerprint density at radius 1 is 0.286 bits per heavy atom. The van der Waals surface area contributed by atoms with Gasteiger partial charge < -0.3 is 0 Å². The van der Waals surface area contributed by atoms with Crippen LogP contribution in [0.4, 0.5) is 0 Å². The van der Waals surface area contributed by atoms with E-state index < -0.39 is 0 Å². The molecule has 0 aromatic carbocycles. The molecule has 166 valence electrons. The van der Waals surface area contributed by atoms with Crippen LogP contribution in [0.1, 0.15) is 154 Å². The van der Waals surface area contributed by atoms with Crippen molar-refractivity contribution in [2.75, 3.05) is 0 Å². The quantitative estimate of drug-likeness (QED) is 0.113. The van der Waals surface area contributed by atoms with E-state index in [-0.39, 0.29) is 0 Å². The molecule has 0 aromatic rings. The predicted octanol–water partition coefficient (Wildman–Crippen LogP) is 10.6. The Hall–Kier alpha value is -0.260. The van der Waals surface area contributed by atoms with Crippen LogP contribution in [0.5, 0.6) is 0 Å². The van der Waals surface area contributed by atoms with Gasteiger partial charge in [0.15, 0.2) is 0 Å². The van der Waals surface area contributed by atoms with Gasteiger partial charge in [-0.25, -0.2) is 0 Å². The van der Waals surface area contributed by atoms with Crippen LogP contribution in [-0.2, 0) is 0 Å². The van der Waals surface area contributed by atoms with E-state index >= 15 is 0 Å². The zero-order valence-electron chi connectivity index (χ0n) is 19.5. The average molecular weight is 391 g/mol. The summed E-state index contributed by atoms with van der Waals surface area (Å²) in [4.78, 5) is 0. The Kier molecular flexibility index (Phi) is 26.5. The summed E-state index contributed by atoms with van der Waals surface area (Å²) in [6.07, 6.45) is 38.2. The molecule has 0 spiro atoms. The Balaban J connectivity index is 3.04. The molecule has 0 aliphatic carbocycles. The van der Waals surface area contributed by atoms with Crippen molar-refractivity contribution in [3.8, 4) is 0 Å². The fourth-order valence-electron chi connectivity index (χ4n) is 3.94. The number of hydrogen-bond acceptors (Lipinski definition) is 0. The van der Waals surface area contributed by atoms with Gasteiger partial charge in [-0.05, 0) is 25.7 Å². The first-order valence-corrected chi connectivity index (χ1v) is 13.1. The van der Waals surface area contributed by atoms with E-state index in [9.17, 15) is 0 Å². The first-order valence-electron chi connectivity index (χ1n) is 13.1. The highest BCUT2D eigenvalue weighted by Gasteiger charge is 1.94. The molecule has 0 unspecified atom stereocenters. The van der Waals surface area contributed by atoms with E-state index in [4.69, 9.17) is 0 Å². The molecule has 2 radical (unpaired) electrons. The van der Waals surface area contributed by atoms with Crippen molar-refractivity contribution < 1.29 is 0 Å². The maximum atomic E-state index is 3.91. The van der Waals surface area contributed by atoms with Crippen LogP contribution in [0.15, 0.2) is 12.2 Å². The van der Waals surface area contributed by atoms with Gasteiger partial charge >= 0.3 is 0 Å². The Bertz CT molecular complexity index is 278. The van der Waals surface area contributed by atoms with Crippen molar-refractivity contribution in [3.05, 3.63) is 26.0 Å². The molecule has 0 saturated heterocycles. The van der Waals surface area contributed by atoms with Gasteiger partial charge in [-0.1, -0.05) is 154 Å². The van der Waals surface area contributed by atoms with E-state index in [1.165, 1.54) is 141 Å². The van der Waals surface area contributed by atoms with Crippen molar-refractivity contribution in [1.29, 1.82) is 0 Å². The van der Waals surface area contributed by atoms with Gasteiger partial charge in [0.2, 0.25) is 0 Å². The molecule has 0 atom stereocenters. The topological polar surface area (TPSA) is 0 Å². The summed E-state index contributed by atoms with van der Waals surface area (Å²) in [7, 11) is 0. The second kappa shape index (κ2) is 26.7. The third-order valence-electron chi connectivity index (χ3n) is 5.91. The minimum absolute atomic E-state index is 1.11. The predicted molar refractivity (Wildman–Crippen MR) is 131 cm³/mol. The maximum Gasteiger partial charge on any atom is -0.0351 e. The van der Waals surface area contributed by atoms with Crippen molar-refractivity contribution in [3.63, 3.8) is 0 Å². The minimum atomic E-state index is 1.11. The van der Waals surface area contributed by atoms with E-state index in [0.717, 1.165) is 12.8 Å². The highest BCUT2D eigenvalue weighted by Crippen LogP contribution is 2.14. The molecule has 0 N–H and O–H groups in total. The minimum Gasteiger partial charge on any atom is -0.0885 e. The molecule has 0 aliphatic rings. The molecule has 0 rings (SSSR count). The van der Waals surface area contributed by atoms with E-state index in [0.29, 0.717) is 0 Å². The lowest BCUT2D eigenvalue weighted by molar-refractivity contribution is 0.537. The lowest BCUT2D eigenvalue weighted by atomic mass is 10.0. The van der Waals surface area contributed by atoms with Gasteiger partial charge in [0, 0.05) is 0 Å². The van der Waals surface area contributed by atoms with Crippen molar-refractivity contribution in [2.45, 2.75) is 154 Å². The molecule has 0 heteroatoms. The smallest absolute Gasteiger partial charge is 0.0351 e. The zero-order valence-corrected chi connectivity index (χ0v) is 19.5. The normalized spacial score (nSPS) is 11.6. The Morgan fingerprint density at radius 3 is 0.750 bits per heavy atom. The summed E-state index contributed by atoms with van der Waals surface area (Å²) < 4.78 is 0. The Morgan fingerprint density at radius 2 is 0.500 bits per heavy atom. The summed E-state index contributed by atoms with van der Waals surface area (Å²) in [5.41, 5.74) is 0. The molecule has 0 aliphatic heterocycles. The number of rotatable bonds is 24. The number of hydrogen-bond donors (Lipinski definition) is 0. The summed E-state index contributed by atoms with van der Waals surface area (Å²) in [6, 6.07) is 0. The fraction of sp³-hybridized carbons (Fsp3) is 0.857. The second-order valence-corrected chi connectivity index (χ2v) is 8.83. The zero-order chi connectivity index (χ0) is 20.4. The molecule has 0 saturated carbocycles. The third-order valence-corrected chi connectivity index (χ3v) is 5.91. The molecular weight excluding hydrogens is 336 g/mol. The highest BCUT2D eigenvalue weighted by molar-refractivity contribution is 4.81. The van der Waals surface area contributed by atoms with Gasteiger partial charge in [0.05, 0.1) is 0 Å². The summed E-state index contributed by atoms with van der Waals surface area (Å²) in [5.74, 6) is 0. The second-order valence-electron chi connectivity index (χ2n) is 8.83. The summed E-state index contributed by atoms with van der Waals surface area (Å²) >= 11 is 0. The fourth-order valence-corrected chi connectivity index (χ4v) is 3.94. The molecule has 28 heavy (non-hydrogen) atoms. The van der Waals surface area contributed by atoms with Crippen LogP contribution in [-0.4, -0.2) is 0 Å². The van der Waals surface area contributed by atoms with Gasteiger partial charge in [-0.15, -0.1) is 0 Å². The summed E-state index contributed by atoms with van der Waals surface area (Å²) in [6.45, 7) is 7.81. The molecule has 0 aromatic heterocycles. The van der Waals surface area contributed by atoms with Gasteiger partial charge in [-0.3, -0.25) is 0 Å². The molecule has 0 bridgehead atoms. The van der Waals surface area contributed by atoms with Gasteiger partial charge in [0.1, 0.15) is 0 Å². The molecule has 0 heterocycles. The first kappa shape index (κ1) is 27.7. The van der Waals surface area contributed by atoms with Crippen LogP contribution in [0, 0.1) is 13.8 Å². The molecule has 0 fully saturated rings. The van der Waals surface area contributed by atoms with Gasteiger partial charge in [0.25, 0.3) is 0 Å². The number of unbranched alkanes of at least 4 members (excludes halogenated alkanes) is 22. The highest BCUT2D eigenvalue weighted by atomic mass is 14.0. The van der Waals surface area contributed by atoms with Crippen LogP contribution >= 0.6 is 0 Å². The SMILES string of the molecule is [CH2]CCCCCCCCC/C=C/CCCCCCCCCCCCCCC[CH2]. The van der Waals surface area contributed by atoms with Crippen LogP contribution in [0.25, 0.3) is 0 Å². The van der Waals surface area contributed by atoms with Crippen LogP contribution in [0.2, 0.25) is 0 Å². The lowest BCUT2D eigenvalue weighted by Crippen LogP contribution is -1.83. The van der Waals surface area contributed by atoms with E-state index in [1.807, 2.05) is 0 Å². The summed E-state index contributed by atoms with van der Waals surface area (Å²) in [5, 5.41) is 0. The molecule has 0 nitrogen and oxygen atoms in total. The van der Waals surface area contributed by atoms with Crippen LogP contribution < -0.4 is 0 Å². The van der Waals surface area contributed by atoms with E-state index in [2.05, 4.69) is 26.0 Å². The molecular formula is C28H54. The first-order chi connectivity index (χ1) is 13.9. The van der Waals surface area contributed by atoms with E-state index in [1.54, 1.807) is 0 Å². The largest absolute Gasteiger partial charge is 0.0885 e.